The number of piperazine rings is 1. The fourth-order valence-electron chi connectivity index (χ4n) is 2.73. The van der Waals surface area contributed by atoms with Crippen LogP contribution in [0.2, 0.25) is 0 Å². The first kappa shape index (κ1) is 18.3. The smallest absolute Gasteiger partial charge is 0.131 e. The number of hydrogen-bond donors (Lipinski definition) is 1. The van der Waals surface area contributed by atoms with Gasteiger partial charge in [-0.25, -0.2) is 8.78 Å². The molecule has 0 aliphatic carbocycles. The Morgan fingerprint density at radius 3 is 2.39 bits per heavy atom. The number of β-amino-alcohol motifs (C(OH)–C–C–N with tert-alkyl or cyclic N) is 1. The van der Waals surface area contributed by atoms with E-state index in [1.165, 1.54) is 12.1 Å². The average Bonchev–Trinajstić information content (AvgIpc) is 2.48. The first-order chi connectivity index (χ1) is 11.0. The van der Waals surface area contributed by atoms with Crippen molar-refractivity contribution in [2.75, 3.05) is 45.9 Å². The van der Waals surface area contributed by atoms with Crippen LogP contribution in [0, 0.1) is 11.6 Å². The normalized spacial score (nSPS) is 18.5. The van der Waals surface area contributed by atoms with Crippen LogP contribution in [0.3, 0.4) is 0 Å². The van der Waals surface area contributed by atoms with Crippen LogP contribution in [0.15, 0.2) is 18.2 Å². The van der Waals surface area contributed by atoms with Crippen molar-refractivity contribution < 1.29 is 18.6 Å². The minimum absolute atomic E-state index is 0.152. The molecule has 2 rings (SSSR count). The molecule has 4 nitrogen and oxygen atoms in total. The first-order valence-corrected chi connectivity index (χ1v) is 8.15. The number of benzene rings is 1. The predicted molar refractivity (Wildman–Crippen MR) is 85.3 cm³/mol. The monoisotopic (exact) mass is 328 g/mol. The third-order valence-electron chi connectivity index (χ3n) is 4.08. The zero-order valence-corrected chi connectivity index (χ0v) is 13.8. The summed E-state index contributed by atoms with van der Waals surface area (Å²) >= 11 is 0. The highest BCUT2D eigenvalue weighted by Crippen LogP contribution is 2.19. The van der Waals surface area contributed by atoms with Gasteiger partial charge >= 0.3 is 0 Å². The van der Waals surface area contributed by atoms with Crippen LogP contribution in [0.1, 0.15) is 25.5 Å². The van der Waals surface area contributed by atoms with Gasteiger partial charge in [0.15, 0.2) is 0 Å². The van der Waals surface area contributed by atoms with Gasteiger partial charge in [-0.05, 0) is 19.9 Å². The van der Waals surface area contributed by atoms with Crippen molar-refractivity contribution in [1.29, 1.82) is 0 Å². The van der Waals surface area contributed by atoms with E-state index >= 15 is 0 Å². The molecule has 130 valence electrons. The minimum atomic E-state index is -0.938. The van der Waals surface area contributed by atoms with Gasteiger partial charge in [-0.1, -0.05) is 6.07 Å². The average molecular weight is 328 g/mol. The molecule has 1 fully saturated rings. The molecule has 0 saturated carbocycles. The summed E-state index contributed by atoms with van der Waals surface area (Å²) in [6, 6.07) is 3.30. The summed E-state index contributed by atoms with van der Waals surface area (Å²) in [4.78, 5) is 4.43. The van der Waals surface area contributed by atoms with Crippen LogP contribution in [0.5, 0.6) is 0 Å². The molecule has 1 aliphatic rings. The topological polar surface area (TPSA) is 35.9 Å². The van der Waals surface area contributed by atoms with Crippen LogP contribution >= 0.6 is 0 Å². The van der Waals surface area contributed by atoms with Crippen LogP contribution in [0.25, 0.3) is 0 Å². The summed E-state index contributed by atoms with van der Waals surface area (Å²) in [5.74, 6) is -1.32. The molecular weight excluding hydrogens is 302 g/mol. The fraction of sp³-hybridized carbons (Fsp3) is 0.647. The summed E-state index contributed by atoms with van der Waals surface area (Å²) in [6.07, 6.45) is -0.691. The van der Waals surface area contributed by atoms with E-state index < -0.39 is 17.7 Å². The first-order valence-electron chi connectivity index (χ1n) is 8.15. The third-order valence-corrected chi connectivity index (χ3v) is 4.08. The van der Waals surface area contributed by atoms with Crippen molar-refractivity contribution in [1.82, 2.24) is 9.80 Å². The Hall–Kier alpha value is -1.08. The van der Waals surface area contributed by atoms with E-state index in [1.54, 1.807) is 0 Å². The summed E-state index contributed by atoms with van der Waals surface area (Å²) < 4.78 is 32.1. The Bertz CT molecular complexity index is 491. The number of nitrogens with zero attached hydrogens (tertiary/aromatic N) is 2. The van der Waals surface area contributed by atoms with Crippen molar-refractivity contribution in [3.63, 3.8) is 0 Å². The highest BCUT2D eigenvalue weighted by Gasteiger charge is 2.21. The summed E-state index contributed by atoms with van der Waals surface area (Å²) in [7, 11) is 0. The molecule has 0 radical (unpaired) electrons. The van der Waals surface area contributed by atoms with Gasteiger partial charge < -0.3 is 9.84 Å². The third kappa shape index (κ3) is 5.80. The molecule has 0 spiro atoms. The standard InChI is InChI=1S/C17H26F2N2O2/c1-13(2)23-10-9-20-5-7-21(8-6-20)12-17(22)15-4-3-14(18)11-16(15)19/h3-4,11,13,17,22H,5-10,12H2,1-2H3. The van der Waals surface area contributed by atoms with E-state index in [0.717, 1.165) is 45.4 Å². The molecule has 1 aromatic rings. The lowest BCUT2D eigenvalue weighted by molar-refractivity contribution is 0.0343. The van der Waals surface area contributed by atoms with Gasteiger partial charge in [0, 0.05) is 50.9 Å². The largest absolute Gasteiger partial charge is 0.387 e. The van der Waals surface area contributed by atoms with Gasteiger partial charge in [0.2, 0.25) is 0 Å². The highest BCUT2D eigenvalue weighted by atomic mass is 19.1. The number of halogens is 2. The lowest BCUT2D eigenvalue weighted by Crippen LogP contribution is -2.48. The molecule has 6 heteroatoms. The molecule has 0 bridgehead atoms. The molecule has 1 atom stereocenters. The molecule has 1 unspecified atom stereocenters. The van der Waals surface area contributed by atoms with Gasteiger partial charge in [0.1, 0.15) is 11.6 Å². The number of hydrogen-bond acceptors (Lipinski definition) is 4. The van der Waals surface area contributed by atoms with Gasteiger partial charge in [-0.3, -0.25) is 9.80 Å². The molecule has 1 N–H and O–H groups in total. The van der Waals surface area contributed by atoms with Crippen molar-refractivity contribution in [3.8, 4) is 0 Å². The summed E-state index contributed by atoms with van der Waals surface area (Å²) in [6.45, 7) is 9.48. The van der Waals surface area contributed by atoms with E-state index in [4.69, 9.17) is 4.74 Å². The lowest BCUT2D eigenvalue weighted by atomic mass is 10.1. The number of aliphatic hydroxyl groups is 1. The maximum Gasteiger partial charge on any atom is 0.131 e. The second-order valence-electron chi connectivity index (χ2n) is 6.24. The SMILES string of the molecule is CC(C)OCCN1CCN(CC(O)c2ccc(F)cc2F)CC1. The number of aliphatic hydroxyl groups excluding tert-OH is 1. The Balaban J connectivity index is 1.75. The van der Waals surface area contributed by atoms with E-state index in [1.807, 2.05) is 13.8 Å². The van der Waals surface area contributed by atoms with Crippen molar-refractivity contribution in [3.05, 3.63) is 35.4 Å². The number of ether oxygens (including phenoxy) is 1. The molecule has 0 aromatic heterocycles. The molecule has 1 aromatic carbocycles. The Morgan fingerprint density at radius 1 is 1.13 bits per heavy atom. The molecule has 1 saturated heterocycles. The predicted octanol–water partition coefficient (Wildman–Crippen LogP) is 2.04. The summed E-state index contributed by atoms with van der Waals surface area (Å²) in [5.41, 5.74) is 0.152. The lowest BCUT2D eigenvalue weighted by Gasteiger charge is -2.35. The zero-order valence-electron chi connectivity index (χ0n) is 13.8. The quantitative estimate of drug-likeness (QED) is 0.831. The molecule has 1 heterocycles. The van der Waals surface area contributed by atoms with Gasteiger partial charge in [-0.15, -0.1) is 0 Å². The maximum absolute atomic E-state index is 13.7. The van der Waals surface area contributed by atoms with Gasteiger partial charge in [-0.2, -0.15) is 0 Å². The highest BCUT2D eigenvalue weighted by molar-refractivity contribution is 5.21. The zero-order chi connectivity index (χ0) is 16.8. The van der Waals surface area contributed by atoms with Crippen molar-refractivity contribution in [2.24, 2.45) is 0 Å². The Labute approximate surface area is 136 Å². The number of rotatable bonds is 7. The van der Waals surface area contributed by atoms with Gasteiger partial charge in [0.05, 0.1) is 18.8 Å². The second-order valence-corrected chi connectivity index (χ2v) is 6.24. The van der Waals surface area contributed by atoms with Crippen LogP contribution in [-0.2, 0) is 4.74 Å². The van der Waals surface area contributed by atoms with Gasteiger partial charge in [0.25, 0.3) is 0 Å². The van der Waals surface area contributed by atoms with Crippen LogP contribution in [0.4, 0.5) is 8.78 Å². The molecule has 23 heavy (non-hydrogen) atoms. The fourth-order valence-corrected chi connectivity index (χ4v) is 2.73. The second kappa shape index (κ2) is 8.68. The minimum Gasteiger partial charge on any atom is -0.387 e. The molecular formula is C17H26F2N2O2. The van der Waals surface area contributed by atoms with E-state index in [-0.39, 0.29) is 11.7 Å². The molecule has 0 amide bonds. The Morgan fingerprint density at radius 2 is 1.78 bits per heavy atom. The van der Waals surface area contributed by atoms with Crippen molar-refractivity contribution in [2.45, 2.75) is 26.1 Å². The van der Waals surface area contributed by atoms with E-state index in [2.05, 4.69) is 9.80 Å². The summed E-state index contributed by atoms with van der Waals surface area (Å²) in [5, 5.41) is 10.2. The van der Waals surface area contributed by atoms with Crippen LogP contribution in [-0.4, -0.2) is 66.9 Å². The maximum atomic E-state index is 13.7. The van der Waals surface area contributed by atoms with E-state index in [0.29, 0.717) is 6.54 Å². The van der Waals surface area contributed by atoms with E-state index in [9.17, 15) is 13.9 Å². The Kier molecular flexibility index (Phi) is 6.89. The van der Waals surface area contributed by atoms with Crippen LogP contribution < -0.4 is 0 Å². The van der Waals surface area contributed by atoms with Crippen molar-refractivity contribution >= 4 is 0 Å². The molecule has 1 aliphatic heterocycles.